The fourth-order valence-corrected chi connectivity index (χ4v) is 1.48. The van der Waals surface area contributed by atoms with Gasteiger partial charge in [-0.2, -0.15) is 0 Å². The Kier molecular flexibility index (Phi) is 3.96. The van der Waals surface area contributed by atoms with Gasteiger partial charge in [-0.25, -0.2) is 4.79 Å². The van der Waals surface area contributed by atoms with Gasteiger partial charge in [-0.1, -0.05) is 18.6 Å². The largest absolute Gasteiger partial charge is 0.480 e. The predicted octanol–water partition coefficient (Wildman–Crippen LogP) is 1.56. The van der Waals surface area contributed by atoms with Crippen molar-refractivity contribution in [3.05, 3.63) is 29.3 Å². The van der Waals surface area contributed by atoms with Crippen molar-refractivity contribution in [3.8, 4) is 0 Å². The van der Waals surface area contributed by atoms with E-state index >= 15 is 0 Å². The van der Waals surface area contributed by atoms with Crippen LogP contribution in [0.4, 0.5) is 5.69 Å². The highest BCUT2D eigenvalue weighted by atomic mass is 16.4. The molecule has 18 heavy (non-hydrogen) atoms. The second-order valence-corrected chi connectivity index (χ2v) is 4.54. The number of carbonyl (C=O) groups is 2. The van der Waals surface area contributed by atoms with Crippen LogP contribution < -0.4 is 11.1 Å². The number of aliphatic carboxylic acids is 1. The van der Waals surface area contributed by atoms with E-state index in [2.05, 4.69) is 5.32 Å². The number of amides is 1. The molecule has 1 aromatic rings. The van der Waals surface area contributed by atoms with E-state index in [1.54, 1.807) is 25.1 Å². The maximum atomic E-state index is 12.0. The minimum Gasteiger partial charge on any atom is -0.480 e. The summed E-state index contributed by atoms with van der Waals surface area (Å²) in [5, 5.41) is 11.6. The first-order valence-corrected chi connectivity index (χ1v) is 5.72. The van der Waals surface area contributed by atoms with Crippen molar-refractivity contribution in [2.24, 2.45) is 0 Å². The van der Waals surface area contributed by atoms with Crippen molar-refractivity contribution in [3.63, 3.8) is 0 Å². The SMILES string of the molecule is CCC(C)(NC(=O)c1cc(C)ccc1N)C(=O)O. The van der Waals surface area contributed by atoms with Gasteiger partial charge in [0.05, 0.1) is 5.56 Å². The van der Waals surface area contributed by atoms with E-state index in [1.807, 2.05) is 6.92 Å². The molecule has 5 nitrogen and oxygen atoms in total. The molecule has 0 spiro atoms. The first-order chi connectivity index (χ1) is 8.30. The first kappa shape index (κ1) is 14.0. The van der Waals surface area contributed by atoms with E-state index in [0.717, 1.165) is 5.56 Å². The third-order valence-corrected chi connectivity index (χ3v) is 3.02. The van der Waals surface area contributed by atoms with Crippen molar-refractivity contribution in [2.45, 2.75) is 32.7 Å². The van der Waals surface area contributed by atoms with E-state index in [-0.39, 0.29) is 0 Å². The molecular weight excluding hydrogens is 232 g/mol. The van der Waals surface area contributed by atoms with Crippen LogP contribution >= 0.6 is 0 Å². The topological polar surface area (TPSA) is 92.4 Å². The summed E-state index contributed by atoms with van der Waals surface area (Å²) in [6, 6.07) is 5.07. The lowest BCUT2D eigenvalue weighted by Crippen LogP contribution is -2.51. The minimum absolute atomic E-state index is 0.291. The van der Waals surface area contributed by atoms with Gasteiger partial charge in [0.15, 0.2) is 0 Å². The molecule has 98 valence electrons. The van der Waals surface area contributed by atoms with Crippen LogP contribution in [0, 0.1) is 6.92 Å². The van der Waals surface area contributed by atoms with Crippen LogP contribution in [0.15, 0.2) is 18.2 Å². The summed E-state index contributed by atoms with van der Waals surface area (Å²) < 4.78 is 0. The highest BCUT2D eigenvalue weighted by Gasteiger charge is 2.33. The summed E-state index contributed by atoms with van der Waals surface area (Å²) in [7, 11) is 0. The molecule has 5 heteroatoms. The number of nitrogen functional groups attached to an aromatic ring is 1. The normalized spacial score (nSPS) is 13.7. The van der Waals surface area contributed by atoms with Crippen molar-refractivity contribution in [1.29, 1.82) is 0 Å². The second kappa shape index (κ2) is 5.08. The summed E-state index contributed by atoms with van der Waals surface area (Å²) in [5.41, 5.74) is 5.96. The van der Waals surface area contributed by atoms with Crippen LogP contribution in [0.2, 0.25) is 0 Å². The quantitative estimate of drug-likeness (QED) is 0.707. The van der Waals surface area contributed by atoms with Crippen molar-refractivity contribution in [2.75, 3.05) is 5.73 Å². The monoisotopic (exact) mass is 250 g/mol. The van der Waals surface area contributed by atoms with Crippen LogP contribution in [0.5, 0.6) is 0 Å². The lowest BCUT2D eigenvalue weighted by Gasteiger charge is -2.25. The number of benzene rings is 1. The molecular formula is C13H18N2O3. The summed E-state index contributed by atoms with van der Waals surface area (Å²) in [6.07, 6.45) is 0.291. The molecule has 0 aliphatic rings. The fourth-order valence-electron chi connectivity index (χ4n) is 1.48. The van der Waals surface area contributed by atoms with Crippen LogP contribution in [0.1, 0.15) is 36.2 Å². The highest BCUT2D eigenvalue weighted by Crippen LogP contribution is 2.16. The molecule has 4 N–H and O–H groups in total. The summed E-state index contributed by atoms with van der Waals surface area (Å²) in [5.74, 6) is -1.53. The number of rotatable bonds is 4. The Balaban J connectivity index is 3.02. The van der Waals surface area contributed by atoms with Gasteiger partial charge in [0.1, 0.15) is 5.54 Å². The maximum absolute atomic E-state index is 12.0. The number of carboxylic acid groups (broad SMARTS) is 1. The van der Waals surface area contributed by atoms with Gasteiger partial charge >= 0.3 is 5.97 Å². The number of hydrogen-bond donors (Lipinski definition) is 3. The smallest absolute Gasteiger partial charge is 0.329 e. The Morgan fingerprint density at radius 1 is 1.44 bits per heavy atom. The summed E-state index contributed by atoms with van der Waals surface area (Å²) >= 11 is 0. The molecule has 0 heterocycles. The molecule has 1 amide bonds. The number of anilines is 1. The fraction of sp³-hybridized carbons (Fsp3) is 0.385. The molecule has 0 aliphatic heterocycles. The Labute approximate surface area is 106 Å². The Morgan fingerprint density at radius 2 is 2.06 bits per heavy atom. The number of nitrogens with one attached hydrogen (secondary N) is 1. The molecule has 0 saturated heterocycles. The van der Waals surface area contributed by atoms with Crippen LogP contribution in [0.25, 0.3) is 0 Å². The van der Waals surface area contributed by atoms with Gasteiger partial charge in [0, 0.05) is 5.69 Å². The zero-order chi connectivity index (χ0) is 13.9. The minimum atomic E-state index is -1.28. The molecule has 0 fully saturated rings. The number of nitrogens with two attached hydrogens (primary N) is 1. The third-order valence-electron chi connectivity index (χ3n) is 3.02. The molecule has 0 radical (unpaired) electrons. The molecule has 1 aromatic carbocycles. The Hall–Kier alpha value is -2.04. The van der Waals surface area contributed by atoms with E-state index in [9.17, 15) is 9.59 Å². The zero-order valence-electron chi connectivity index (χ0n) is 10.8. The van der Waals surface area contributed by atoms with E-state index in [1.165, 1.54) is 6.92 Å². The van der Waals surface area contributed by atoms with Gasteiger partial charge in [-0.05, 0) is 32.4 Å². The Morgan fingerprint density at radius 3 is 2.56 bits per heavy atom. The van der Waals surface area contributed by atoms with E-state index in [4.69, 9.17) is 10.8 Å². The lowest BCUT2D eigenvalue weighted by atomic mass is 9.98. The average molecular weight is 250 g/mol. The second-order valence-electron chi connectivity index (χ2n) is 4.54. The zero-order valence-corrected chi connectivity index (χ0v) is 10.8. The molecule has 0 bridgehead atoms. The van der Waals surface area contributed by atoms with Gasteiger partial charge in [0.2, 0.25) is 0 Å². The number of carboxylic acids is 1. The Bertz CT molecular complexity index is 485. The van der Waals surface area contributed by atoms with Gasteiger partial charge < -0.3 is 16.2 Å². The highest BCUT2D eigenvalue weighted by molar-refractivity contribution is 6.01. The molecule has 0 aliphatic carbocycles. The van der Waals surface area contributed by atoms with Crippen LogP contribution in [-0.4, -0.2) is 22.5 Å². The maximum Gasteiger partial charge on any atom is 0.329 e. The lowest BCUT2D eigenvalue weighted by molar-refractivity contribution is -0.143. The molecule has 1 rings (SSSR count). The van der Waals surface area contributed by atoms with Crippen molar-refractivity contribution < 1.29 is 14.7 Å². The molecule has 1 atom stereocenters. The van der Waals surface area contributed by atoms with E-state index < -0.39 is 17.4 Å². The predicted molar refractivity (Wildman–Crippen MR) is 69.4 cm³/mol. The molecule has 1 unspecified atom stereocenters. The molecule has 0 aromatic heterocycles. The van der Waals surface area contributed by atoms with Crippen LogP contribution in [-0.2, 0) is 4.79 Å². The third kappa shape index (κ3) is 2.80. The molecule has 0 saturated carbocycles. The van der Waals surface area contributed by atoms with Gasteiger partial charge in [-0.15, -0.1) is 0 Å². The van der Waals surface area contributed by atoms with E-state index in [0.29, 0.717) is 17.7 Å². The number of carbonyl (C=O) groups excluding carboxylic acids is 1. The summed E-state index contributed by atoms with van der Waals surface area (Å²) in [4.78, 5) is 23.2. The van der Waals surface area contributed by atoms with Crippen LogP contribution in [0.3, 0.4) is 0 Å². The standard InChI is InChI=1S/C13H18N2O3/c1-4-13(3,12(17)18)15-11(16)9-7-8(2)5-6-10(9)14/h5-7H,4,14H2,1-3H3,(H,15,16)(H,17,18). The van der Waals surface area contributed by atoms with Crippen molar-refractivity contribution in [1.82, 2.24) is 5.32 Å². The van der Waals surface area contributed by atoms with Gasteiger partial charge in [0.25, 0.3) is 5.91 Å². The number of hydrogen-bond acceptors (Lipinski definition) is 3. The number of aryl methyl sites for hydroxylation is 1. The summed E-state index contributed by atoms with van der Waals surface area (Å²) in [6.45, 7) is 5.01. The first-order valence-electron chi connectivity index (χ1n) is 5.72. The van der Waals surface area contributed by atoms with Crippen molar-refractivity contribution >= 4 is 17.6 Å². The average Bonchev–Trinajstić information content (AvgIpc) is 2.31. The van der Waals surface area contributed by atoms with Gasteiger partial charge in [-0.3, -0.25) is 4.79 Å².